The van der Waals surface area contributed by atoms with Crippen molar-refractivity contribution in [3.05, 3.63) is 143 Å². The van der Waals surface area contributed by atoms with Crippen LogP contribution >= 0.6 is 0 Å². The number of nitrogens with one attached hydrogen (secondary N) is 4. The van der Waals surface area contributed by atoms with Gasteiger partial charge >= 0.3 is 12.2 Å². The summed E-state index contributed by atoms with van der Waals surface area (Å²) in [6.07, 6.45) is 3.00. The minimum atomic E-state index is -0.995. The van der Waals surface area contributed by atoms with E-state index in [1.807, 2.05) is 60.7 Å². The van der Waals surface area contributed by atoms with Gasteiger partial charge in [0, 0.05) is 29.9 Å². The molecule has 2 aliphatic rings. The molecule has 4 aromatic carbocycles. The fourth-order valence-corrected chi connectivity index (χ4v) is 7.56. The second-order valence-corrected chi connectivity index (χ2v) is 14.4. The molecule has 5 aromatic rings. The van der Waals surface area contributed by atoms with Crippen LogP contribution in [0, 0.1) is 11.8 Å². The molecule has 4 unspecified atom stereocenters. The van der Waals surface area contributed by atoms with E-state index in [0.717, 1.165) is 35.2 Å². The summed E-state index contributed by atoms with van der Waals surface area (Å²) in [6, 6.07) is 30.0. The number of aromatic nitrogens is 2. The van der Waals surface area contributed by atoms with E-state index in [1.54, 1.807) is 59.6 Å². The summed E-state index contributed by atoms with van der Waals surface area (Å²) in [6.45, 7) is 0.921. The number of alkyl carbamates (subject to hydrolysis) is 2. The van der Waals surface area contributed by atoms with Crippen LogP contribution in [0.2, 0.25) is 0 Å². The van der Waals surface area contributed by atoms with Gasteiger partial charge in [-0.15, -0.1) is 0 Å². The molecule has 2 aliphatic heterocycles. The molecule has 7 rings (SSSR count). The van der Waals surface area contributed by atoms with Crippen LogP contribution in [0.25, 0.3) is 11.3 Å². The molecule has 14 heteroatoms. The number of imidazole rings is 1. The molecular weight excluding hydrogens is 763 g/mol. The number of hydrogen-bond donors (Lipinski definition) is 4. The molecule has 0 bridgehead atoms. The number of hydrogen-bond acceptors (Lipinski definition) is 8. The van der Waals surface area contributed by atoms with E-state index in [2.05, 4.69) is 37.8 Å². The van der Waals surface area contributed by atoms with Crippen LogP contribution < -0.4 is 16.0 Å². The topological polar surface area (TPSA) is 175 Å². The van der Waals surface area contributed by atoms with Gasteiger partial charge in [-0.2, -0.15) is 0 Å². The van der Waals surface area contributed by atoms with Crippen molar-refractivity contribution in [2.45, 2.75) is 49.9 Å². The van der Waals surface area contributed by atoms with Crippen molar-refractivity contribution >= 4 is 35.6 Å². The van der Waals surface area contributed by atoms with Crippen molar-refractivity contribution in [3.8, 4) is 23.1 Å². The molecule has 2 fully saturated rings. The lowest BCUT2D eigenvalue weighted by atomic mass is 10.0. The van der Waals surface area contributed by atoms with Gasteiger partial charge in [0.2, 0.25) is 5.91 Å². The first-order valence-corrected chi connectivity index (χ1v) is 19.7. The van der Waals surface area contributed by atoms with Gasteiger partial charge in [0.25, 0.3) is 11.8 Å². The Hall–Kier alpha value is -7.40. The number of amides is 5. The maximum absolute atomic E-state index is 13.8. The highest BCUT2D eigenvalue weighted by Crippen LogP contribution is 2.34. The molecule has 2 saturated heterocycles. The van der Waals surface area contributed by atoms with Crippen molar-refractivity contribution in [2.24, 2.45) is 0 Å². The van der Waals surface area contributed by atoms with Crippen molar-refractivity contribution in [1.82, 2.24) is 30.4 Å². The highest BCUT2D eigenvalue weighted by Gasteiger charge is 2.39. The van der Waals surface area contributed by atoms with Gasteiger partial charge in [-0.1, -0.05) is 84.6 Å². The lowest BCUT2D eigenvalue weighted by molar-refractivity contribution is -0.138. The number of H-pyrrole nitrogens is 1. The number of carbonyl (C=O) groups excluding carboxylic acids is 5. The monoisotopic (exact) mass is 807 g/mol. The number of methoxy groups -OCH3 is 2. The highest BCUT2D eigenvalue weighted by molar-refractivity contribution is 5.99. The smallest absolute Gasteiger partial charge is 0.407 e. The molecule has 14 nitrogen and oxygen atoms in total. The number of rotatable bonds is 10. The summed E-state index contributed by atoms with van der Waals surface area (Å²) in [7, 11) is 2.50. The molecule has 0 radical (unpaired) electrons. The van der Waals surface area contributed by atoms with E-state index >= 15 is 0 Å². The first kappa shape index (κ1) is 40.8. The van der Waals surface area contributed by atoms with E-state index < -0.39 is 30.3 Å². The molecule has 4 atom stereocenters. The summed E-state index contributed by atoms with van der Waals surface area (Å²) in [5, 5.41) is 8.23. The molecule has 1 aromatic heterocycles. The van der Waals surface area contributed by atoms with Gasteiger partial charge < -0.3 is 40.2 Å². The minimum absolute atomic E-state index is 0.233. The number of ether oxygens (including phenoxy) is 2. The van der Waals surface area contributed by atoms with Crippen LogP contribution in [0.3, 0.4) is 0 Å². The zero-order valence-electron chi connectivity index (χ0n) is 33.2. The number of nitrogens with zero attached hydrogens (tertiary/aromatic N) is 3. The Kier molecular flexibility index (Phi) is 12.8. The largest absolute Gasteiger partial charge is 0.453 e. The Balaban J connectivity index is 0.961. The van der Waals surface area contributed by atoms with Gasteiger partial charge in [-0.05, 0) is 78.8 Å². The Morgan fingerprint density at radius 1 is 0.683 bits per heavy atom. The molecule has 0 saturated carbocycles. The zero-order valence-corrected chi connectivity index (χ0v) is 33.2. The van der Waals surface area contributed by atoms with Crippen LogP contribution in [0.15, 0.2) is 115 Å². The Morgan fingerprint density at radius 2 is 1.20 bits per heavy atom. The minimum Gasteiger partial charge on any atom is -0.453 e. The molecule has 60 heavy (non-hydrogen) atoms. The van der Waals surface area contributed by atoms with Crippen LogP contribution in [-0.2, 0) is 23.9 Å². The van der Waals surface area contributed by atoms with Crippen molar-refractivity contribution < 1.29 is 33.4 Å². The average Bonchev–Trinajstić information content (AvgIpc) is 4.10. The van der Waals surface area contributed by atoms with Crippen molar-refractivity contribution in [1.29, 1.82) is 0 Å². The van der Waals surface area contributed by atoms with Gasteiger partial charge in [0.1, 0.15) is 23.9 Å². The standard InChI is InChI=1S/C46H45N7O7/c1-59-45(57)50-39(33-11-5-3-6-12-33)43(55)52-27-9-15-37(52)41-47-29-36(49-41)32-23-19-30(20-24-32)17-18-31-21-25-35(26-22-31)48-42(54)38-16-10-28-53(38)44(56)40(51-46(58)60-2)34-13-7-4-8-14-34/h3-8,11-14,19-26,29,37-40H,9-10,15-16,27-28H2,1-2H3,(H,47,49)(H,48,54)(H,50,57)(H,51,58). The Bertz CT molecular complexity index is 2370. The first-order valence-electron chi connectivity index (χ1n) is 19.7. The molecule has 3 heterocycles. The Labute approximate surface area is 347 Å². The molecule has 0 aliphatic carbocycles. The normalized spacial score (nSPS) is 16.8. The van der Waals surface area contributed by atoms with Crippen LogP contribution in [-0.4, -0.2) is 83.0 Å². The molecular formula is C46H45N7O7. The highest BCUT2D eigenvalue weighted by atomic mass is 16.5. The third-order valence-electron chi connectivity index (χ3n) is 10.6. The summed E-state index contributed by atoms with van der Waals surface area (Å²) in [5.74, 6) is 6.09. The lowest BCUT2D eigenvalue weighted by Gasteiger charge is -2.28. The quantitative estimate of drug-likeness (QED) is 0.120. The van der Waals surface area contributed by atoms with Crippen LogP contribution in [0.1, 0.15) is 71.9 Å². The number of carbonyl (C=O) groups is 5. The van der Waals surface area contributed by atoms with Crippen LogP contribution in [0.4, 0.5) is 15.3 Å². The van der Waals surface area contributed by atoms with Gasteiger partial charge in [-0.3, -0.25) is 14.4 Å². The second-order valence-electron chi connectivity index (χ2n) is 14.4. The van der Waals surface area contributed by atoms with E-state index in [9.17, 15) is 24.0 Å². The predicted molar refractivity (Wildman–Crippen MR) is 223 cm³/mol. The average molecular weight is 808 g/mol. The Morgan fingerprint density at radius 3 is 1.77 bits per heavy atom. The summed E-state index contributed by atoms with van der Waals surface area (Å²) in [5.41, 5.74) is 5.08. The fraction of sp³-hybridized carbons (Fsp3) is 0.261. The lowest BCUT2D eigenvalue weighted by Crippen LogP contribution is -2.48. The van der Waals surface area contributed by atoms with Crippen LogP contribution in [0.5, 0.6) is 0 Å². The van der Waals surface area contributed by atoms with Gasteiger partial charge in [0.05, 0.1) is 32.2 Å². The second kappa shape index (κ2) is 18.9. The molecule has 306 valence electrons. The SMILES string of the molecule is COC(=O)NC(C(=O)N1CCCC1C(=O)Nc1ccc(C#Cc2ccc(-c3cnc(C4CCCN4C(=O)C(NC(=O)OC)c4ccccc4)[nH]3)cc2)cc1)c1ccccc1. The van der Waals surface area contributed by atoms with E-state index in [4.69, 9.17) is 9.47 Å². The number of benzene rings is 4. The predicted octanol–water partition coefficient (Wildman–Crippen LogP) is 6.26. The first-order chi connectivity index (χ1) is 29.2. The third-order valence-corrected chi connectivity index (χ3v) is 10.6. The molecule has 0 spiro atoms. The van der Waals surface area contributed by atoms with Crippen molar-refractivity contribution in [2.75, 3.05) is 32.6 Å². The summed E-state index contributed by atoms with van der Waals surface area (Å²) < 4.78 is 9.56. The third kappa shape index (κ3) is 9.48. The van der Waals surface area contributed by atoms with Crippen molar-refractivity contribution in [3.63, 3.8) is 0 Å². The number of likely N-dealkylation sites (tertiary alicyclic amines) is 2. The maximum Gasteiger partial charge on any atom is 0.407 e. The zero-order chi connectivity index (χ0) is 42.0. The van der Waals surface area contributed by atoms with E-state index in [1.165, 1.54) is 19.1 Å². The number of aromatic amines is 1. The molecule has 5 amide bonds. The van der Waals surface area contributed by atoms with E-state index in [-0.39, 0.29) is 23.8 Å². The summed E-state index contributed by atoms with van der Waals surface area (Å²) >= 11 is 0. The molecule has 4 N–H and O–H groups in total. The van der Waals surface area contributed by atoms with Gasteiger partial charge in [0.15, 0.2) is 0 Å². The van der Waals surface area contributed by atoms with Gasteiger partial charge in [-0.25, -0.2) is 14.6 Å². The van der Waals surface area contributed by atoms with E-state index in [0.29, 0.717) is 48.6 Å². The fourth-order valence-electron chi connectivity index (χ4n) is 7.56. The summed E-state index contributed by atoms with van der Waals surface area (Å²) in [4.78, 5) is 76.6. The number of anilines is 1. The maximum atomic E-state index is 13.8.